The van der Waals surface area contributed by atoms with Crippen LogP contribution in [0, 0.1) is 11.8 Å². The van der Waals surface area contributed by atoms with E-state index in [0.29, 0.717) is 32.5 Å². The molecule has 2 amide bonds. The van der Waals surface area contributed by atoms with E-state index >= 15 is 0 Å². The standard InChI is InChI=1S/C28H44N2O5S/c1-6-8-9-13-19-35-26(34)21-20-14-15-28(36-20)22(21)24(32)29(17-11-10-12-18-31)23(28)25(33)30(16-7-2)27(3,4)5/h6-7,20-23,31H,1-2,8-19H2,3-5H3/t20-,21+,22-,23?,28?/m0/s1. The molecule has 3 fully saturated rings. The summed E-state index contributed by atoms with van der Waals surface area (Å²) in [6.07, 6.45) is 9.86. The molecule has 2 unspecified atom stereocenters. The lowest BCUT2D eigenvalue weighted by atomic mass is 9.71. The lowest BCUT2D eigenvalue weighted by Crippen LogP contribution is -2.58. The maximum atomic E-state index is 14.2. The van der Waals surface area contributed by atoms with Gasteiger partial charge in [-0.25, -0.2) is 0 Å². The number of rotatable bonds is 14. The Balaban J connectivity index is 1.89. The molecule has 5 atom stereocenters. The number of carbonyl (C=O) groups is 3. The lowest BCUT2D eigenvalue weighted by Gasteiger charge is -2.42. The monoisotopic (exact) mass is 520 g/mol. The van der Waals surface area contributed by atoms with E-state index in [-0.39, 0.29) is 29.6 Å². The van der Waals surface area contributed by atoms with Crippen molar-refractivity contribution in [1.82, 2.24) is 9.80 Å². The molecule has 0 radical (unpaired) electrons. The van der Waals surface area contributed by atoms with Gasteiger partial charge in [0.15, 0.2) is 0 Å². The van der Waals surface area contributed by atoms with Crippen LogP contribution in [0.4, 0.5) is 0 Å². The molecule has 0 aromatic rings. The zero-order chi connectivity index (χ0) is 26.5. The Hall–Kier alpha value is -1.80. The van der Waals surface area contributed by atoms with Crippen molar-refractivity contribution >= 4 is 29.5 Å². The molecule has 3 heterocycles. The summed E-state index contributed by atoms with van der Waals surface area (Å²) < 4.78 is 5.06. The predicted molar refractivity (Wildman–Crippen MR) is 143 cm³/mol. The van der Waals surface area contributed by atoms with Gasteiger partial charge in [-0.3, -0.25) is 14.4 Å². The molecule has 3 aliphatic heterocycles. The number of unbranched alkanes of at least 4 members (excludes halogenated alkanes) is 4. The average Bonchev–Trinajstić information content (AvgIpc) is 3.46. The van der Waals surface area contributed by atoms with Crippen LogP contribution in [-0.4, -0.2) is 80.6 Å². The van der Waals surface area contributed by atoms with Crippen molar-refractivity contribution in [2.75, 3.05) is 26.3 Å². The van der Waals surface area contributed by atoms with Crippen LogP contribution in [0.25, 0.3) is 0 Å². The normalized spacial score (nSPS) is 28.8. The summed E-state index contributed by atoms with van der Waals surface area (Å²) in [4.78, 5) is 45.0. The van der Waals surface area contributed by atoms with Gasteiger partial charge in [0.05, 0.1) is 23.2 Å². The molecule has 8 heteroatoms. The Bertz CT molecular complexity index is 840. The van der Waals surface area contributed by atoms with Crippen LogP contribution in [0.3, 0.4) is 0 Å². The summed E-state index contributed by atoms with van der Waals surface area (Å²) in [6, 6.07) is -0.608. The number of hydrogen-bond donors (Lipinski definition) is 1. The number of esters is 1. The van der Waals surface area contributed by atoms with Crippen LogP contribution < -0.4 is 0 Å². The van der Waals surface area contributed by atoms with Crippen LogP contribution in [0.1, 0.15) is 72.1 Å². The number of fused-ring (bicyclic) bond motifs is 1. The highest BCUT2D eigenvalue weighted by Gasteiger charge is 2.74. The molecular weight excluding hydrogens is 476 g/mol. The molecule has 3 rings (SSSR count). The minimum atomic E-state index is -0.608. The maximum absolute atomic E-state index is 14.2. The van der Waals surface area contributed by atoms with E-state index in [0.717, 1.165) is 38.5 Å². The fraction of sp³-hybridized carbons (Fsp3) is 0.750. The molecule has 0 saturated carbocycles. The van der Waals surface area contributed by atoms with E-state index in [1.54, 1.807) is 22.7 Å². The number of aliphatic hydroxyl groups excluding tert-OH is 1. The van der Waals surface area contributed by atoms with E-state index in [1.165, 1.54) is 0 Å². The van der Waals surface area contributed by atoms with Gasteiger partial charge < -0.3 is 19.6 Å². The highest BCUT2D eigenvalue weighted by atomic mass is 32.2. The zero-order valence-corrected chi connectivity index (χ0v) is 23.1. The quantitative estimate of drug-likeness (QED) is 0.212. The largest absolute Gasteiger partial charge is 0.465 e. The molecule has 3 aliphatic rings. The second-order valence-electron chi connectivity index (χ2n) is 11.2. The first-order valence-corrected chi connectivity index (χ1v) is 14.3. The SMILES string of the molecule is C=CCCCCOC(=O)[C@@H]1[C@@H]2CCC3(S2)C(C(=O)N(CC=C)C(C)(C)C)N(CCCCCO)C(=O)[C@H]13. The van der Waals surface area contributed by atoms with E-state index in [2.05, 4.69) is 13.2 Å². The molecule has 3 saturated heterocycles. The number of allylic oxidation sites excluding steroid dienone is 1. The van der Waals surface area contributed by atoms with Crippen LogP contribution in [0.15, 0.2) is 25.3 Å². The molecule has 36 heavy (non-hydrogen) atoms. The molecule has 1 spiro atoms. The zero-order valence-electron chi connectivity index (χ0n) is 22.2. The first kappa shape index (κ1) is 28.8. The number of hydrogen-bond acceptors (Lipinski definition) is 6. The van der Waals surface area contributed by atoms with Gasteiger partial charge in [0.25, 0.3) is 0 Å². The fourth-order valence-electron chi connectivity index (χ4n) is 6.14. The van der Waals surface area contributed by atoms with Crippen LogP contribution >= 0.6 is 11.8 Å². The van der Waals surface area contributed by atoms with Crippen molar-refractivity contribution in [3.8, 4) is 0 Å². The van der Waals surface area contributed by atoms with Gasteiger partial charge in [-0.1, -0.05) is 12.2 Å². The molecule has 0 aliphatic carbocycles. The molecule has 2 bridgehead atoms. The molecule has 202 valence electrons. The number of thioether (sulfide) groups is 1. The van der Waals surface area contributed by atoms with Crippen molar-refractivity contribution in [3.63, 3.8) is 0 Å². The van der Waals surface area contributed by atoms with E-state index in [4.69, 9.17) is 4.74 Å². The molecule has 0 aromatic heterocycles. The van der Waals surface area contributed by atoms with E-state index in [1.807, 2.05) is 31.7 Å². The predicted octanol–water partition coefficient (Wildman–Crippen LogP) is 3.95. The number of ether oxygens (including phenoxy) is 1. The van der Waals surface area contributed by atoms with Gasteiger partial charge in [-0.05, 0) is 72.1 Å². The van der Waals surface area contributed by atoms with Gasteiger partial charge in [0.1, 0.15) is 6.04 Å². The smallest absolute Gasteiger partial charge is 0.310 e. The summed E-state index contributed by atoms with van der Waals surface area (Å²) in [5.74, 6) is -1.48. The minimum Gasteiger partial charge on any atom is -0.465 e. The summed E-state index contributed by atoms with van der Waals surface area (Å²) >= 11 is 1.68. The van der Waals surface area contributed by atoms with Gasteiger partial charge in [-0.15, -0.1) is 24.9 Å². The summed E-state index contributed by atoms with van der Waals surface area (Å²) in [5, 5.41) is 9.20. The van der Waals surface area contributed by atoms with Crippen LogP contribution in [0.2, 0.25) is 0 Å². The molecule has 0 aromatic carbocycles. The molecule has 1 N–H and O–H groups in total. The molecular formula is C28H44N2O5S. The van der Waals surface area contributed by atoms with E-state index in [9.17, 15) is 19.5 Å². The highest BCUT2D eigenvalue weighted by Crippen LogP contribution is 2.66. The van der Waals surface area contributed by atoms with Gasteiger partial charge >= 0.3 is 5.97 Å². The highest BCUT2D eigenvalue weighted by molar-refractivity contribution is 8.02. The molecule has 7 nitrogen and oxygen atoms in total. The number of nitrogens with zero attached hydrogens (tertiary/aromatic N) is 2. The fourth-order valence-corrected chi connectivity index (χ4v) is 8.34. The first-order chi connectivity index (χ1) is 17.1. The Kier molecular flexibility index (Phi) is 9.72. The topological polar surface area (TPSA) is 87.2 Å². The van der Waals surface area contributed by atoms with Crippen molar-refractivity contribution in [2.45, 2.75) is 93.7 Å². The third-order valence-corrected chi connectivity index (χ3v) is 9.75. The third kappa shape index (κ3) is 5.54. The lowest BCUT2D eigenvalue weighted by molar-refractivity contribution is -0.154. The summed E-state index contributed by atoms with van der Waals surface area (Å²) in [5.41, 5.74) is -0.434. The van der Waals surface area contributed by atoms with Crippen LogP contribution in [0.5, 0.6) is 0 Å². The van der Waals surface area contributed by atoms with Gasteiger partial charge in [-0.2, -0.15) is 0 Å². The summed E-state index contributed by atoms with van der Waals surface area (Å²) in [6.45, 7) is 14.9. The maximum Gasteiger partial charge on any atom is 0.310 e. The Labute approximate surface area is 220 Å². The third-order valence-electron chi connectivity index (χ3n) is 7.80. The van der Waals surface area contributed by atoms with Crippen molar-refractivity contribution in [1.29, 1.82) is 0 Å². The number of aliphatic hydroxyl groups is 1. The number of amides is 2. The Morgan fingerprint density at radius 3 is 2.58 bits per heavy atom. The number of carbonyl (C=O) groups excluding carboxylic acids is 3. The van der Waals surface area contributed by atoms with Crippen molar-refractivity contribution in [3.05, 3.63) is 25.3 Å². The van der Waals surface area contributed by atoms with Gasteiger partial charge in [0.2, 0.25) is 11.8 Å². The van der Waals surface area contributed by atoms with Gasteiger partial charge in [0, 0.05) is 30.5 Å². The van der Waals surface area contributed by atoms with Crippen LogP contribution in [-0.2, 0) is 19.1 Å². The van der Waals surface area contributed by atoms with Crippen molar-refractivity contribution < 1.29 is 24.2 Å². The summed E-state index contributed by atoms with van der Waals surface area (Å²) in [7, 11) is 0. The number of likely N-dealkylation sites (tertiary alicyclic amines) is 1. The average molecular weight is 521 g/mol. The second-order valence-corrected chi connectivity index (χ2v) is 12.8. The second kappa shape index (κ2) is 12.2. The van der Waals surface area contributed by atoms with Crippen molar-refractivity contribution in [2.24, 2.45) is 11.8 Å². The van der Waals surface area contributed by atoms with E-state index < -0.39 is 28.2 Å². The Morgan fingerprint density at radius 1 is 1.19 bits per heavy atom. The Morgan fingerprint density at radius 2 is 1.94 bits per heavy atom. The minimum absolute atomic E-state index is 0.00829. The first-order valence-electron chi connectivity index (χ1n) is 13.4.